The molecule has 7 nitrogen and oxygen atoms in total. The van der Waals surface area contributed by atoms with Gasteiger partial charge in [0.2, 0.25) is 0 Å². The van der Waals surface area contributed by atoms with Gasteiger partial charge in [-0.15, -0.1) is 0 Å². The van der Waals surface area contributed by atoms with E-state index < -0.39 is 0 Å². The van der Waals surface area contributed by atoms with E-state index >= 15 is 0 Å². The molecule has 7 heteroatoms. The number of likely N-dealkylation sites (tertiary alicyclic amines) is 1. The molecule has 31 heavy (non-hydrogen) atoms. The molecule has 3 aromatic rings. The maximum Gasteiger partial charge on any atom is 0.257 e. The number of benzene rings is 1. The van der Waals surface area contributed by atoms with Gasteiger partial charge in [-0.25, -0.2) is 0 Å². The zero-order valence-electron chi connectivity index (χ0n) is 18.0. The van der Waals surface area contributed by atoms with Gasteiger partial charge in [0.25, 0.3) is 5.91 Å². The highest BCUT2D eigenvalue weighted by Gasteiger charge is 2.54. The van der Waals surface area contributed by atoms with E-state index in [9.17, 15) is 4.79 Å². The third-order valence-corrected chi connectivity index (χ3v) is 7.23. The number of hydrogen-bond acceptors (Lipinski definition) is 4. The Hall–Kier alpha value is -3.06. The van der Waals surface area contributed by atoms with E-state index in [0.717, 1.165) is 30.6 Å². The summed E-state index contributed by atoms with van der Waals surface area (Å²) in [6.07, 6.45) is 6.57. The predicted molar refractivity (Wildman–Crippen MR) is 117 cm³/mol. The molecule has 0 aliphatic carbocycles. The number of aryl methyl sites for hydroxylation is 2. The number of para-hydroxylation sites is 2. The molecule has 1 atom stereocenters. The number of carbonyl (C=O) groups excluding carboxylic acids is 1. The Balaban J connectivity index is 1.23. The van der Waals surface area contributed by atoms with Gasteiger partial charge in [-0.1, -0.05) is 12.1 Å². The minimum atomic E-state index is -0.232. The highest BCUT2D eigenvalue weighted by Crippen LogP contribution is 2.50. The molecule has 2 saturated heterocycles. The topological polar surface area (TPSA) is 64.3 Å². The van der Waals surface area contributed by atoms with E-state index in [2.05, 4.69) is 57.6 Å². The average molecular weight is 418 g/mol. The first-order valence-electron chi connectivity index (χ1n) is 11.0. The second-order valence-corrected chi connectivity index (χ2v) is 9.23. The lowest BCUT2D eigenvalue weighted by Crippen LogP contribution is -2.48. The Morgan fingerprint density at radius 1 is 1.16 bits per heavy atom. The zero-order valence-corrected chi connectivity index (χ0v) is 18.0. The number of ether oxygens (including phenoxy) is 1. The van der Waals surface area contributed by atoms with Crippen molar-refractivity contribution in [2.24, 2.45) is 7.05 Å². The molecule has 160 valence electrons. The molecule has 0 unspecified atom stereocenters. The fourth-order valence-electron chi connectivity index (χ4n) is 5.68. The summed E-state index contributed by atoms with van der Waals surface area (Å²) in [5, 5.41) is 8.14. The van der Waals surface area contributed by atoms with Crippen LogP contribution >= 0.6 is 0 Å². The van der Waals surface area contributed by atoms with E-state index in [1.54, 1.807) is 4.68 Å². The maximum atomic E-state index is 13.0. The van der Waals surface area contributed by atoms with Crippen molar-refractivity contribution in [3.8, 4) is 5.69 Å². The molecule has 0 bridgehead atoms. The summed E-state index contributed by atoms with van der Waals surface area (Å²) < 4.78 is 10.5. The van der Waals surface area contributed by atoms with E-state index in [1.807, 2.05) is 25.1 Å². The van der Waals surface area contributed by atoms with E-state index in [-0.39, 0.29) is 17.0 Å². The van der Waals surface area contributed by atoms with E-state index in [4.69, 9.17) is 4.74 Å². The molecule has 0 saturated carbocycles. The third kappa shape index (κ3) is 2.76. The molecule has 2 aromatic heterocycles. The summed E-state index contributed by atoms with van der Waals surface area (Å²) in [6, 6.07) is 12.8. The zero-order chi connectivity index (χ0) is 21.2. The van der Waals surface area contributed by atoms with Crippen LogP contribution in [0.25, 0.3) is 5.69 Å². The molecule has 2 fully saturated rings. The fraction of sp³-hybridized carbons (Fsp3) is 0.417. The SMILES string of the molecule is Cc1nn(C)cc1C(=O)N1CCC2(CC1)C[C@@]1(CO2)Nc2ccccc2-n2cccc21. The Labute approximate surface area is 181 Å². The van der Waals surface area contributed by atoms with Crippen molar-refractivity contribution in [3.63, 3.8) is 0 Å². The van der Waals surface area contributed by atoms with Crippen LogP contribution < -0.4 is 5.32 Å². The van der Waals surface area contributed by atoms with Crippen LogP contribution in [0.1, 0.15) is 41.0 Å². The smallest absolute Gasteiger partial charge is 0.257 e. The average Bonchev–Trinajstić information content (AvgIpc) is 3.47. The number of carbonyl (C=O) groups is 1. The molecular formula is C24H27N5O2. The van der Waals surface area contributed by atoms with Crippen LogP contribution in [-0.2, 0) is 17.3 Å². The van der Waals surface area contributed by atoms with Gasteiger partial charge in [0.05, 0.1) is 40.5 Å². The number of piperidine rings is 1. The highest BCUT2D eigenvalue weighted by atomic mass is 16.5. The molecule has 2 spiro atoms. The standard InChI is InChI=1S/C24H27N5O2/c1-17-18(14-27(2)26-17)22(30)28-12-9-23(10-13-28)15-24(16-31-23)21-8-5-11-29(21)20-7-4-3-6-19(20)25-24/h3-8,11,14,25H,9-10,12-13,15-16H2,1-2H3/t24-/m0/s1. The number of nitrogens with one attached hydrogen (secondary N) is 1. The largest absolute Gasteiger partial charge is 0.372 e. The van der Waals surface area contributed by atoms with Gasteiger partial charge in [0, 0.05) is 39.0 Å². The van der Waals surface area contributed by atoms with Crippen molar-refractivity contribution in [2.45, 2.75) is 37.3 Å². The van der Waals surface area contributed by atoms with E-state index in [0.29, 0.717) is 25.3 Å². The minimum Gasteiger partial charge on any atom is -0.372 e. The molecule has 1 amide bonds. The number of fused-ring (bicyclic) bond motifs is 4. The van der Waals surface area contributed by atoms with Crippen LogP contribution in [0, 0.1) is 6.92 Å². The first-order chi connectivity index (χ1) is 15.0. The van der Waals surface area contributed by atoms with Crippen molar-refractivity contribution >= 4 is 11.6 Å². The Kier molecular flexibility index (Phi) is 3.90. The lowest BCUT2D eigenvalue weighted by atomic mass is 9.79. The molecule has 0 radical (unpaired) electrons. The number of anilines is 1. The van der Waals surface area contributed by atoms with Gasteiger partial charge < -0.3 is 19.5 Å². The molecule has 6 rings (SSSR count). The van der Waals surface area contributed by atoms with Gasteiger partial charge in [-0.3, -0.25) is 9.48 Å². The summed E-state index contributed by atoms with van der Waals surface area (Å²) in [5.41, 5.74) is 4.64. The molecule has 5 heterocycles. The Morgan fingerprint density at radius 3 is 2.74 bits per heavy atom. The first-order valence-corrected chi connectivity index (χ1v) is 11.0. The van der Waals surface area contributed by atoms with Crippen molar-refractivity contribution in [1.82, 2.24) is 19.2 Å². The molecule has 3 aliphatic heterocycles. The highest BCUT2D eigenvalue weighted by molar-refractivity contribution is 5.95. The minimum absolute atomic E-state index is 0.0757. The number of nitrogens with zero attached hydrogens (tertiary/aromatic N) is 4. The van der Waals surface area contributed by atoms with Gasteiger partial charge >= 0.3 is 0 Å². The summed E-state index contributed by atoms with van der Waals surface area (Å²) in [4.78, 5) is 15.0. The number of aromatic nitrogens is 3. The van der Waals surface area contributed by atoms with Crippen molar-refractivity contribution in [2.75, 3.05) is 25.0 Å². The van der Waals surface area contributed by atoms with Gasteiger partial charge in [-0.2, -0.15) is 5.10 Å². The molecule has 3 aliphatic rings. The van der Waals surface area contributed by atoms with Crippen LogP contribution in [0.15, 0.2) is 48.8 Å². The van der Waals surface area contributed by atoms with Crippen molar-refractivity contribution in [1.29, 1.82) is 0 Å². The van der Waals surface area contributed by atoms with Gasteiger partial charge in [0.15, 0.2) is 0 Å². The lowest BCUT2D eigenvalue weighted by Gasteiger charge is -2.41. The molecular weight excluding hydrogens is 390 g/mol. The quantitative estimate of drug-likeness (QED) is 0.660. The van der Waals surface area contributed by atoms with Gasteiger partial charge in [0.1, 0.15) is 5.54 Å². The fourth-order valence-corrected chi connectivity index (χ4v) is 5.68. The maximum absolute atomic E-state index is 13.0. The first kappa shape index (κ1) is 18.7. The van der Waals surface area contributed by atoms with Crippen LogP contribution in [0.3, 0.4) is 0 Å². The summed E-state index contributed by atoms with van der Waals surface area (Å²) in [7, 11) is 1.85. The second-order valence-electron chi connectivity index (χ2n) is 9.23. The lowest BCUT2D eigenvalue weighted by molar-refractivity contribution is -0.0392. The number of amides is 1. The monoisotopic (exact) mass is 417 g/mol. The molecule has 1 aromatic carbocycles. The van der Waals surface area contributed by atoms with Crippen molar-refractivity contribution in [3.05, 3.63) is 65.7 Å². The summed E-state index contributed by atoms with van der Waals surface area (Å²) in [5.74, 6) is 0.0757. The van der Waals surface area contributed by atoms with Crippen LogP contribution in [0.2, 0.25) is 0 Å². The summed E-state index contributed by atoms with van der Waals surface area (Å²) >= 11 is 0. The van der Waals surface area contributed by atoms with Crippen LogP contribution in [-0.4, -0.2) is 50.5 Å². The summed E-state index contributed by atoms with van der Waals surface area (Å²) in [6.45, 7) is 3.95. The Bertz CT molecular complexity index is 1170. The number of rotatable bonds is 1. The third-order valence-electron chi connectivity index (χ3n) is 7.23. The number of hydrogen-bond donors (Lipinski definition) is 1. The molecule has 1 N–H and O–H groups in total. The Morgan fingerprint density at radius 2 is 1.97 bits per heavy atom. The van der Waals surface area contributed by atoms with Crippen molar-refractivity contribution < 1.29 is 9.53 Å². The van der Waals surface area contributed by atoms with Crippen LogP contribution in [0.4, 0.5) is 5.69 Å². The second kappa shape index (κ2) is 6.47. The predicted octanol–water partition coefficient (Wildman–Crippen LogP) is 3.24. The van der Waals surface area contributed by atoms with E-state index in [1.165, 1.54) is 11.4 Å². The van der Waals surface area contributed by atoms with Crippen LogP contribution in [0.5, 0.6) is 0 Å². The van der Waals surface area contributed by atoms with Gasteiger partial charge in [-0.05, 0) is 44.0 Å². The normalized spacial score (nSPS) is 23.6.